The molecule has 102 valence electrons. The number of hydroxylamine groups is 2. The van der Waals surface area contributed by atoms with Gasteiger partial charge in [-0.2, -0.15) is 0 Å². The number of halogens is 1. The van der Waals surface area contributed by atoms with Crippen molar-refractivity contribution in [3.63, 3.8) is 0 Å². The summed E-state index contributed by atoms with van der Waals surface area (Å²) in [5, 5.41) is 35.5. The maximum Gasteiger partial charge on any atom is 0.372 e. The van der Waals surface area contributed by atoms with E-state index in [1.807, 2.05) is 0 Å². The summed E-state index contributed by atoms with van der Waals surface area (Å²) in [6.07, 6.45) is 2.66. The second-order valence-electron chi connectivity index (χ2n) is 4.71. The quantitative estimate of drug-likeness (QED) is 0.234. The van der Waals surface area contributed by atoms with Crippen molar-refractivity contribution in [2.24, 2.45) is 0 Å². The summed E-state index contributed by atoms with van der Waals surface area (Å²) in [7, 11) is 0. The fourth-order valence-corrected chi connectivity index (χ4v) is 2.84. The SMILES string of the molecule is I.O=[N+]([O-])c1ccc2c(c1)=[N+]([O-])C1(CCCC1)[N+]=2[O-]. The van der Waals surface area contributed by atoms with E-state index in [9.17, 15) is 20.5 Å². The topological polar surface area (TPSA) is 95.3 Å². The number of hydrogen-bond acceptors (Lipinski definition) is 4. The molecular weight excluding hydrogens is 365 g/mol. The highest BCUT2D eigenvalue weighted by Crippen LogP contribution is 2.31. The highest BCUT2D eigenvalue weighted by atomic mass is 127. The Morgan fingerprint density at radius 3 is 2.26 bits per heavy atom. The maximum absolute atomic E-state index is 12.3. The second kappa shape index (κ2) is 4.58. The zero-order chi connectivity index (χ0) is 12.9. The molecule has 0 unspecified atom stereocenters. The molecule has 1 spiro atoms. The number of nitrogens with zero attached hydrogens (tertiary/aromatic N) is 3. The summed E-state index contributed by atoms with van der Waals surface area (Å²) in [6, 6.07) is 3.80. The molecule has 1 aliphatic heterocycles. The highest BCUT2D eigenvalue weighted by molar-refractivity contribution is 14.0. The van der Waals surface area contributed by atoms with Crippen LogP contribution in [0.2, 0.25) is 0 Å². The lowest BCUT2D eigenvalue weighted by Crippen LogP contribution is -2.49. The van der Waals surface area contributed by atoms with Crippen LogP contribution in [0.5, 0.6) is 0 Å². The third-order valence-electron chi connectivity index (χ3n) is 3.77. The number of benzene rings is 1. The van der Waals surface area contributed by atoms with Gasteiger partial charge in [-0.25, -0.2) is 0 Å². The van der Waals surface area contributed by atoms with Gasteiger partial charge in [0.15, 0.2) is 0 Å². The highest BCUT2D eigenvalue weighted by Gasteiger charge is 2.54. The smallest absolute Gasteiger partial charge is 0.372 e. The Hall–Kier alpha value is -1.45. The van der Waals surface area contributed by atoms with Gasteiger partial charge in [-0.05, 0) is 12.8 Å². The van der Waals surface area contributed by atoms with Crippen molar-refractivity contribution in [1.82, 2.24) is 9.48 Å². The Kier molecular flexibility index (Phi) is 3.37. The first-order chi connectivity index (χ1) is 8.56. The van der Waals surface area contributed by atoms with Crippen LogP contribution in [-0.4, -0.2) is 10.6 Å². The summed E-state index contributed by atoms with van der Waals surface area (Å²) in [5.41, 5.74) is -1.24. The maximum atomic E-state index is 12.3. The molecule has 0 N–H and O–H groups in total. The molecule has 0 atom stereocenters. The van der Waals surface area contributed by atoms with Crippen LogP contribution in [0.1, 0.15) is 25.7 Å². The molecule has 2 aliphatic rings. The van der Waals surface area contributed by atoms with Crippen LogP contribution in [0.4, 0.5) is 5.69 Å². The van der Waals surface area contributed by atoms with E-state index in [0.717, 1.165) is 17.6 Å². The fourth-order valence-electron chi connectivity index (χ4n) is 2.84. The van der Waals surface area contributed by atoms with Crippen molar-refractivity contribution in [3.05, 3.63) is 49.4 Å². The van der Waals surface area contributed by atoms with Crippen LogP contribution in [0.15, 0.2) is 18.2 Å². The van der Waals surface area contributed by atoms with Gasteiger partial charge in [-0.15, -0.1) is 33.5 Å². The van der Waals surface area contributed by atoms with Crippen molar-refractivity contribution in [2.75, 3.05) is 0 Å². The molecule has 1 fully saturated rings. The van der Waals surface area contributed by atoms with E-state index < -0.39 is 10.6 Å². The molecule has 19 heavy (non-hydrogen) atoms. The summed E-state index contributed by atoms with van der Waals surface area (Å²) < 4.78 is 1.39. The Balaban J connectivity index is 0.00000133. The molecule has 0 saturated heterocycles. The molecular formula is C11H12IN3O4. The van der Waals surface area contributed by atoms with Crippen LogP contribution in [0.25, 0.3) is 0 Å². The number of nitro benzene ring substituents is 1. The predicted molar refractivity (Wildman–Crippen MR) is 78.2 cm³/mol. The van der Waals surface area contributed by atoms with Crippen molar-refractivity contribution >= 4 is 29.7 Å². The zero-order valence-electron chi connectivity index (χ0n) is 9.94. The first kappa shape index (κ1) is 14.0. The number of hydrogen-bond donors (Lipinski definition) is 0. The van der Waals surface area contributed by atoms with E-state index in [1.165, 1.54) is 18.2 Å². The molecule has 0 radical (unpaired) electrons. The summed E-state index contributed by atoms with van der Waals surface area (Å²) in [6.45, 7) is 0. The lowest BCUT2D eigenvalue weighted by molar-refractivity contribution is -0.385. The van der Waals surface area contributed by atoms with Crippen molar-refractivity contribution in [1.29, 1.82) is 0 Å². The molecule has 8 heteroatoms. The van der Waals surface area contributed by atoms with Crippen molar-refractivity contribution in [2.45, 2.75) is 31.3 Å². The molecule has 0 amide bonds. The standard InChI is InChI=1S/C11H11N3O4.HI/c15-12-9-4-3-8(14(17)18)7-10(9)13(16)11(12)5-1-2-6-11;/h3-4,7H,1-2,5-6H2;1H. The lowest BCUT2D eigenvalue weighted by Gasteiger charge is -2.21. The fraction of sp³-hybridized carbons (Fsp3) is 0.455. The normalized spacial score (nSPS) is 19.4. The zero-order valence-corrected chi connectivity index (χ0v) is 12.3. The van der Waals surface area contributed by atoms with Gasteiger partial charge in [0.1, 0.15) is 0 Å². The molecule has 1 aromatic rings. The van der Waals surface area contributed by atoms with Crippen LogP contribution in [0, 0.1) is 20.5 Å². The largest absolute Gasteiger partial charge is 0.618 e. The summed E-state index contributed by atoms with van der Waals surface area (Å²) in [4.78, 5) is 10.1. The minimum Gasteiger partial charge on any atom is -0.618 e. The molecule has 1 heterocycles. The van der Waals surface area contributed by atoms with Gasteiger partial charge in [0, 0.05) is 12.1 Å². The average Bonchev–Trinajstić information content (AvgIpc) is 2.92. The predicted octanol–water partition coefficient (Wildman–Crippen LogP) is 0.474. The molecule has 3 rings (SSSR count). The van der Waals surface area contributed by atoms with Crippen molar-refractivity contribution < 1.29 is 4.92 Å². The van der Waals surface area contributed by atoms with E-state index in [0.29, 0.717) is 17.6 Å². The van der Waals surface area contributed by atoms with Crippen LogP contribution >= 0.6 is 24.0 Å². The van der Waals surface area contributed by atoms with Gasteiger partial charge in [0.2, 0.25) is 0 Å². The Labute approximate surface area is 125 Å². The van der Waals surface area contributed by atoms with Crippen LogP contribution in [-0.2, 0) is 0 Å². The van der Waals surface area contributed by atoms with Gasteiger partial charge < -0.3 is 10.4 Å². The Bertz CT molecular complexity index is 667. The first-order valence-corrected chi connectivity index (χ1v) is 5.79. The minimum absolute atomic E-state index is 0. The molecule has 1 aromatic carbocycles. The number of nitro groups is 1. The van der Waals surface area contributed by atoms with E-state index in [4.69, 9.17) is 0 Å². The Morgan fingerprint density at radius 2 is 1.68 bits per heavy atom. The number of fused-ring (bicyclic) bond motifs is 1. The third-order valence-corrected chi connectivity index (χ3v) is 3.77. The number of rotatable bonds is 1. The minimum atomic E-state index is -1.07. The average molecular weight is 377 g/mol. The van der Waals surface area contributed by atoms with Gasteiger partial charge in [-0.1, -0.05) is 0 Å². The first-order valence-electron chi connectivity index (χ1n) is 5.79. The molecule has 1 saturated carbocycles. The second-order valence-corrected chi connectivity index (χ2v) is 4.71. The van der Waals surface area contributed by atoms with Gasteiger partial charge in [-0.3, -0.25) is 10.1 Å². The molecule has 0 aromatic heterocycles. The van der Waals surface area contributed by atoms with E-state index in [1.54, 1.807) is 0 Å². The summed E-state index contributed by atoms with van der Waals surface area (Å²) in [5.74, 6) is 0. The third kappa shape index (κ3) is 1.77. The number of non-ortho nitro benzene ring substituents is 1. The van der Waals surface area contributed by atoms with Crippen LogP contribution < -0.4 is 20.2 Å². The molecule has 1 aliphatic carbocycles. The van der Waals surface area contributed by atoms with E-state index in [-0.39, 0.29) is 40.4 Å². The molecule has 0 bridgehead atoms. The van der Waals surface area contributed by atoms with E-state index in [2.05, 4.69) is 0 Å². The molecule has 7 nitrogen and oxygen atoms in total. The van der Waals surface area contributed by atoms with Gasteiger partial charge >= 0.3 is 5.66 Å². The lowest BCUT2D eigenvalue weighted by atomic mass is 10.1. The Morgan fingerprint density at radius 1 is 1.11 bits per heavy atom. The van der Waals surface area contributed by atoms with Crippen LogP contribution in [0.3, 0.4) is 0 Å². The van der Waals surface area contributed by atoms with Gasteiger partial charge in [0.25, 0.3) is 16.4 Å². The van der Waals surface area contributed by atoms with E-state index >= 15 is 0 Å². The monoisotopic (exact) mass is 377 g/mol. The summed E-state index contributed by atoms with van der Waals surface area (Å²) >= 11 is 0. The van der Waals surface area contributed by atoms with Gasteiger partial charge in [0.05, 0.1) is 23.8 Å². The van der Waals surface area contributed by atoms with Crippen molar-refractivity contribution in [3.8, 4) is 0 Å².